The van der Waals surface area contributed by atoms with Crippen molar-refractivity contribution in [3.63, 3.8) is 0 Å². The molecule has 7 heteroatoms. The lowest BCUT2D eigenvalue weighted by molar-refractivity contribution is 0.251. The van der Waals surface area contributed by atoms with Gasteiger partial charge in [0.1, 0.15) is 6.07 Å². The summed E-state index contributed by atoms with van der Waals surface area (Å²) in [6.45, 7) is 1.49. The van der Waals surface area contributed by atoms with Crippen molar-refractivity contribution < 1.29 is 4.79 Å². The number of fused-ring (bicyclic) bond motifs is 1. The normalized spacial score (nSPS) is 18.7. The molecule has 3 rings (SSSR count). The van der Waals surface area contributed by atoms with E-state index in [1.807, 2.05) is 0 Å². The smallest absolute Gasteiger partial charge is 0.324 e. The predicted octanol–water partition coefficient (Wildman–Crippen LogP) is 0.562. The van der Waals surface area contributed by atoms with E-state index in [1.165, 1.54) is 17.0 Å². The molecule has 1 atom stereocenters. The fraction of sp³-hybridized carbons (Fsp3) is 0.357. The van der Waals surface area contributed by atoms with Crippen LogP contribution >= 0.6 is 0 Å². The summed E-state index contributed by atoms with van der Waals surface area (Å²) in [5.74, 6) is 0. The maximum Gasteiger partial charge on any atom is 0.324 e. The summed E-state index contributed by atoms with van der Waals surface area (Å²) < 4.78 is 1.23. The number of piperidine rings is 1. The number of anilines is 1. The van der Waals surface area contributed by atoms with Crippen LogP contribution in [0.4, 0.5) is 10.5 Å². The van der Waals surface area contributed by atoms with Gasteiger partial charge in [0.25, 0.3) is 0 Å². The molecule has 0 spiro atoms. The van der Waals surface area contributed by atoms with Gasteiger partial charge in [-0.1, -0.05) is 0 Å². The highest BCUT2D eigenvalue weighted by molar-refractivity contribution is 5.97. The number of amides is 1. The second-order valence-electron chi connectivity index (χ2n) is 5.16. The van der Waals surface area contributed by atoms with E-state index in [4.69, 9.17) is 11.5 Å². The van der Waals surface area contributed by atoms with Crippen molar-refractivity contribution in [3.05, 3.63) is 24.0 Å². The fourth-order valence-corrected chi connectivity index (χ4v) is 2.79. The van der Waals surface area contributed by atoms with E-state index in [-0.39, 0.29) is 6.04 Å². The quantitative estimate of drug-likeness (QED) is 0.793. The number of primary amides is 1. The van der Waals surface area contributed by atoms with Gasteiger partial charge in [-0.25, -0.2) is 9.78 Å². The Morgan fingerprint density at radius 1 is 1.57 bits per heavy atom. The van der Waals surface area contributed by atoms with E-state index < -0.39 is 6.03 Å². The first-order valence-electron chi connectivity index (χ1n) is 6.74. The van der Waals surface area contributed by atoms with Gasteiger partial charge in [0.05, 0.1) is 16.6 Å². The third-order valence-corrected chi connectivity index (χ3v) is 3.73. The van der Waals surface area contributed by atoms with Gasteiger partial charge in [-0.15, -0.1) is 0 Å². The average Bonchev–Trinajstić information content (AvgIpc) is 2.90. The van der Waals surface area contributed by atoms with E-state index in [9.17, 15) is 10.1 Å². The van der Waals surface area contributed by atoms with E-state index >= 15 is 0 Å². The van der Waals surface area contributed by atoms with Crippen molar-refractivity contribution in [2.75, 3.05) is 18.0 Å². The van der Waals surface area contributed by atoms with Crippen LogP contribution in [0.15, 0.2) is 12.4 Å². The van der Waals surface area contributed by atoms with Gasteiger partial charge in [-0.2, -0.15) is 5.26 Å². The SMILES string of the molecule is N#Cc1cnc2c([c]cn2C(N)=O)c1N1CCC[C@@H](N)C1. The van der Waals surface area contributed by atoms with Gasteiger partial charge in [0, 0.05) is 37.6 Å². The van der Waals surface area contributed by atoms with Crippen LogP contribution in [0.5, 0.6) is 0 Å². The Kier molecular flexibility index (Phi) is 3.23. The summed E-state index contributed by atoms with van der Waals surface area (Å²) in [6.07, 6.45) is 4.85. The molecule has 0 aliphatic carbocycles. The Balaban J connectivity index is 2.19. The Morgan fingerprint density at radius 2 is 2.38 bits per heavy atom. The lowest BCUT2D eigenvalue weighted by atomic mass is 10.0. The van der Waals surface area contributed by atoms with Crippen molar-refractivity contribution in [2.45, 2.75) is 18.9 Å². The van der Waals surface area contributed by atoms with Gasteiger partial charge < -0.3 is 16.4 Å². The predicted molar refractivity (Wildman–Crippen MR) is 77.7 cm³/mol. The lowest BCUT2D eigenvalue weighted by Gasteiger charge is -2.33. The standard InChI is InChI=1S/C14H15N6O/c15-6-9-7-18-13-11(3-5-20(13)14(17)21)12(9)19-4-1-2-10(16)8-19/h5,7,10H,1-2,4,8,16H2,(H2,17,21)/t10-/m1/s1. The molecule has 2 aromatic rings. The fourth-order valence-electron chi connectivity index (χ4n) is 2.79. The average molecular weight is 283 g/mol. The molecule has 0 bridgehead atoms. The van der Waals surface area contributed by atoms with E-state index in [0.717, 1.165) is 25.1 Å². The van der Waals surface area contributed by atoms with Crippen LogP contribution in [-0.4, -0.2) is 34.7 Å². The van der Waals surface area contributed by atoms with Crippen LogP contribution in [0.25, 0.3) is 11.0 Å². The van der Waals surface area contributed by atoms with Crippen LogP contribution < -0.4 is 16.4 Å². The van der Waals surface area contributed by atoms with Crippen LogP contribution in [0, 0.1) is 17.4 Å². The minimum absolute atomic E-state index is 0.0757. The number of nitriles is 1. The number of pyridine rings is 1. The first-order valence-corrected chi connectivity index (χ1v) is 6.74. The maximum absolute atomic E-state index is 11.4. The molecule has 1 saturated heterocycles. The minimum atomic E-state index is -0.625. The number of carbonyl (C=O) groups is 1. The molecule has 1 aliphatic rings. The molecule has 1 amide bonds. The minimum Gasteiger partial charge on any atom is -0.368 e. The topological polar surface area (TPSA) is 114 Å². The van der Waals surface area contributed by atoms with Crippen LogP contribution in [0.3, 0.4) is 0 Å². The highest BCUT2D eigenvalue weighted by atomic mass is 16.2. The first kappa shape index (κ1) is 13.4. The van der Waals surface area contributed by atoms with Crippen molar-refractivity contribution in [1.29, 1.82) is 5.26 Å². The summed E-state index contributed by atoms with van der Waals surface area (Å²) in [5.41, 5.74) is 12.9. The third kappa shape index (κ3) is 2.19. The highest BCUT2D eigenvalue weighted by Gasteiger charge is 2.23. The highest BCUT2D eigenvalue weighted by Crippen LogP contribution is 2.31. The molecule has 4 N–H and O–H groups in total. The number of hydrogen-bond acceptors (Lipinski definition) is 5. The third-order valence-electron chi connectivity index (χ3n) is 3.73. The molecule has 2 aromatic heterocycles. The lowest BCUT2D eigenvalue weighted by Crippen LogP contribution is -2.43. The molecule has 1 radical (unpaired) electrons. The number of nitrogens with zero attached hydrogens (tertiary/aromatic N) is 4. The molecule has 0 saturated carbocycles. The van der Waals surface area contributed by atoms with Crippen molar-refractivity contribution in [3.8, 4) is 6.07 Å². The monoisotopic (exact) mass is 283 g/mol. The molecule has 0 unspecified atom stereocenters. The molecule has 7 nitrogen and oxygen atoms in total. The Hall–Kier alpha value is -2.59. The molecule has 107 valence electrons. The maximum atomic E-state index is 11.4. The van der Waals surface area contributed by atoms with Gasteiger partial charge in [-0.3, -0.25) is 4.57 Å². The molecule has 3 heterocycles. The van der Waals surface area contributed by atoms with Gasteiger partial charge in [0.15, 0.2) is 5.65 Å². The summed E-state index contributed by atoms with van der Waals surface area (Å²) in [6, 6.07) is 4.59. The number of hydrogen-bond donors (Lipinski definition) is 2. The van der Waals surface area contributed by atoms with Gasteiger partial charge >= 0.3 is 6.03 Å². The molecule has 1 aliphatic heterocycles. The van der Waals surface area contributed by atoms with Crippen molar-refractivity contribution >= 4 is 22.8 Å². The molecular formula is C14H15N6O. The summed E-state index contributed by atoms with van der Waals surface area (Å²) in [5, 5.41) is 9.96. The van der Waals surface area contributed by atoms with Crippen LogP contribution in [0.1, 0.15) is 18.4 Å². The van der Waals surface area contributed by atoms with Crippen LogP contribution in [-0.2, 0) is 0 Å². The summed E-state index contributed by atoms with van der Waals surface area (Å²) in [4.78, 5) is 17.6. The Morgan fingerprint density at radius 3 is 3.05 bits per heavy atom. The van der Waals surface area contributed by atoms with Crippen molar-refractivity contribution in [2.24, 2.45) is 11.5 Å². The summed E-state index contributed by atoms with van der Waals surface area (Å²) >= 11 is 0. The molecule has 1 fully saturated rings. The molecule has 0 aromatic carbocycles. The van der Waals surface area contributed by atoms with Gasteiger partial charge in [0.2, 0.25) is 0 Å². The van der Waals surface area contributed by atoms with E-state index in [1.54, 1.807) is 0 Å². The number of rotatable bonds is 1. The number of aromatic nitrogens is 2. The van der Waals surface area contributed by atoms with E-state index in [0.29, 0.717) is 23.1 Å². The Labute approximate surface area is 121 Å². The zero-order chi connectivity index (χ0) is 15.0. The second kappa shape index (κ2) is 5.07. The van der Waals surface area contributed by atoms with Crippen LogP contribution in [0.2, 0.25) is 0 Å². The molecule has 21 heavy (non-hydrogen) atoms. The van der Waals surface area contributed by atoms with Gasteiger partial charge in [-0.05, 0) is 12.8 Å². The Bertz CT molecular complexity index is 744. The first-order chi connectivity index (χ1) is 10.1. The van der Waals surface area contributed by atoms with E-state index in [2.05, 4.69) is 22.0 Å². The van der Waals surface area contributed by atoms with Crippen molar-refractivity contribution in [1.82, 2.24) is 9.55 Å². The zero-order valence-corrected chi connectivity index (χ0v) is 11.4. The zero-order valence-electron chi connectivity index (χ0n) is 11.4. The molecular weight excluding hydrogens is 268 g/mol. The number of nitrogens with two attached hydrogens (primary N) is 2. The number of carbonyl (C=O) groups excluding carboxylic acids is 1. The second-order valence-corrected chi connectivity index (χ2v) is 5.16. The largest absolute Gasteiger partial charge is 0.368 e. The summed E-state index contributed by atoms with van der Waals surface area (Å²) in [7, 11) is 0.